The molecule has 0 aliphatic rings. The molecule has 0 bridgehead atoms. The van der Waals surface area contributed by atoms with Crippen LogP contribution in [-0.2, 0) is 16.1 Å². The minimum absolute atomic E-state index is 0.0245. The zero-order valence-electron chi connectivity index (χ0n) is 11.1. The fraction of sp³-hybridized carbons (Fsp3) is 0.286. The molecule has 0 saturated carbocycles. The Morgan fingerprint density at radius 2 is 1.95 bits per heavy atom. The lowest BCUT2D eigenvalue weighted by Crippen LogP contribution is -2.32. The predicted molar refractivity (Wildman–Crippen MR) is 73.5 cm³/mol. The SMILES string of the molecule is CNC(=O)CN(C)Cc1ccc(/C=C/C(=O)O)cc1. The van der Waals surface area contributed by atoms with E-state index in [2.05, 4.69) is 5.32 Å². The molecule has 102 valence electrons. The van der Waals surface area contributed by atoms with E-state index in [1.54, 1.807) is 13.1 Å². The van der Waals surface area contributed by atoms with Gasteiger partial charge in [0, 0.05) is 19.7 Å². The fourth-order valence-corrected chi connectivity index (χ4v) is 1.59. The summed E-state index contributed by atoms with van der Waals surface area (Å²) in [5.74, 6) is -0.988. The number of hydrogen-bond acceptors (Lipinski definition) is 3. The van der Waals surface area contributed by atoms with Gasteiger partial charge in [-0.05, 0) is 24.3 Å². The molecule has 0 saturated heterocycles. The van der Waals surface area contributed by atoms with Gasteiger partial charge in [0.1, 0.15) is 0 Å². The largest absolute Gasteiger partial charge is 0.478 e. The average Bonchev–Trinajstić information content (AvgIpc) is 2.37. The first-order valence-electron chi connectivity index (χ1n) is 5.90. The Morgan fingerprint density at radius 3 is 2.47 bits per heavy atom. The van der Waals surface area contributed by atoms with E-state index in [0.717, 1.165) is 17.2 Å². The number of likely N-dealkylation sites (N-methyl/N-ethyl adjacent to an activating group) is 2. The Kier molecular flexibility index (Phi) is 5.75. The Labute approximate surface area is 112 Å². The Hall–Kier alpha value is -2.14. The van der Waals surface area contributed by atoms with Crippen LogP contribution in [-0.4, -0.2) is 42.5 Å². The molecule has 1 amide bonds. The number of hydrogen-bond donors (Lipinski definition) is 2. The Balaban J connectivity index is 2.57. The van der Waals surface area contributed by atoms with Crippen molar-refractivity contribution in [3.63, 3.8) is 0 Å². The number of nitrogens with one attached hydrogen (secondary N) is 1. The first-order chi connectivity index (χ1) is 9.01. The van der Waals surface area contributed by atoms with Crippen molar-refractivity contribution in [3.05, 3.63) is 41.5 Å². The van der Waals surface area contributed by atoms with Crippen LogP contribution in [0.15, 0.2) is 30.3 Å². The van der Waals surface area contributed by atoms with Gasteiger partial charge in [-0.3, -0.25) is 9.69 Å². The molecule has 0 spiro atoms. The summed E-state index contributed by atoms with van der Waals surface area (Å²) < 4.78 is 0. The number of carbonyl (C=O) groups is 2. The number of carboxylic acids is 1. The Bertz CT molecular complexity index is 466. The smallest absolute Gasteiger partial charge is 0.328 e. The van der Waals surface area contributed by atoms with E-state index in [1.165, 1.54) is 0 Å². The quantitative estimate of drug-likeness (QED) is 0.749. The number of rotatable bonds is 6. The standard InChI is InChI=1S/C14H18N2O3/c1-15-13(17)10-16(2)9-12-5-3-11(4-6-12)7-8-14(18)19/h3-8H,9-10H2,1-2H3,(H,15,17)(H,18,19)/b8-7+. The minimum atomic E-state index is -0.964. The van der Waals surface area contributed by atoms with Crippen molar-refractivity contribution in [1.29, 1.82) is 0 Å². The van der Waals surface area contributed by atoms with Gasteiger partial charge >= 0.3 is 5.97 Å². The van der Waals surface area contributed by atoms with Gasteiger partial charge < -0.3 is 10.4 Å². The van der Waals surface area contributed by atoms with E-state index in [1.807, 2.05) is 36.2 Å². The first kappa shape index (κ1) is 14.9. The molecule has 1 aromatic rings. The highest BCUT2D eigenvalue weighted by Crippen LogP contribution is 2.08. The van der Waals surface area contributed by atoms with Crippen LogP contribution in [0.5, 0.6) is 0 Å². The number of nitrogens with zero attached hydrogens (tertiary/aromatic N) is 1. The van der Waals surface area contributed by atoms with Crippen LogP contribution in [0.1, 0.15) is 11.1 Å². The molecule has 5 heteroatoms. The predicted octanol–water partition coefficient (Wildman–Crippen LogP) is 0.962. The molecule has 1 aromatic carbocycles. The number of aliphatic carboxylic acids is 1. The number of amides is 1. The second kappa shape index (κ2) is 7.33. The molecular weight excluding hydrogens is 244 g/mol. The summed E-state index contributed by atoms with van der Waals surface area (Å²) in [6.07, 6.45) is 2.65. The number of benzene rings is 1. The van der Waals surface area contributed by atoms with Crippen molar-refractivity contribution in [3.8, 4) is 0 Å². The second-order valence-electron chi connectivity index (χ2n) is 4.26. The highest BCUT2D eigenvalue weighted by molar-refractivity contribution is 5.85. The van der Waals surface area contributed by atoms with Gasteiger partial charge in [-0.2, -0.15) is 0 Å². The highest BCUT2D eigenvalue weighted by Gasteiger charge is 2.04. The summed E-state index contributed by atoms with van der Waals surface area (Å²) in [6.45, 7) is 1.01. The molecule has 1 rings (SSSR count). The average molecular weight is 262 g/mol. The first-order valence-corrected chi connectivity index (χ1v) is 5.90. The number of carbonyl (C=O) groups excluding carboxylic acids is 1. The van der Waals surface area contributed by atoms with Crippen LogP contribution >= 0.6 is 0 Å². The van der Waals surface area contributed by atoms with Gasteiger partial charge in [0.25, 0.3) is 0 Å². The molecule has 0 heterocycles. The summed E-state index contributed by atoms with van der Waals surface area (Å²) in [7, 11) is 3.48. The van der Waals surface area contributed by atoms with Crippen LogP contribution in [0, 0.1) is 0 Å². The van der Waals surface area contributed by atoms with Gasteiger partial charge in [-0.1, -0.05) is 24.3 Å². The molecule has 5 nitrogen and oxygen atoms in total. The van der Waals surface area contributed by atoms with Crippen LogP contribution in [0.25, 0.3) is 6.08 Å². The van der Waals surface area contributed by atoms with Crippen molar-refractivity contribution in [2.24, 2.45) is 0 Å². The molecule has 0 atom stereocenters. The second-order valence-corrected chi connectivity index (χ2v) is 4.26. The van der Waals surface area contributed by atoms with Gasteiger partial charge in [0.15, 0.2) is 0 Å². The van der Waals surface area contributed by atoms with E-state index in [-0.39, 0.29) is 5.91 Å². The molecule has 0 radical (unpaired) electrons. The molecule has 0 fully saturated rings. The minimum Gasteiger partial charge on any atom is -0.478 e. The lowest BCUT2D eigenvalue weighted by molar-refractivity contribution is -0.131. The fourth-order valence-electron chi connectivity index (χ4n) is 1.59. The van der Waals surface area contributed by atoms with E-state index in [0.29, 0.717) is 13.1 Å². The maximum absolute atomic E-state index is 11.2. The molecule has 2 N–H and O–H groups in total. The van der Waals surface area contributed by atoms with Gasteiger partial charge in [-0.15, -0.1) is 0 Å². The summed E-state index contributed by atoms with van der Waals surface area (Å²) in [5.41, 5.74) is 1.90. The van der Waals surface area contributed by atoms with Crippen molar-refractivity contribution >= 4 is 18.0 Å². The monoisotopic (exact) mass is 262 g/mol. The highest BCUT2D eigenvalue weighted by atomic mass is 16.4. The maximum atomic E-state index is 11.2. The van der Waals surface area contributed by atoms with Gasteiger partial charge in [0.2, 0.25) is 5.91 Å². The van der Waals surface area contributed by atoms with E-state index >= 15 is 0 Å². The summed E-state index contributed by atoms with van der Waals surface area (Å²) in [5, 5.41) is 11.1. The van der Waals surface area contributed by atoms with E-state index < -0.39 is 5.97 Å². The lowest BCUT2D eigenvalue weighted by Gasteiger charge is -2.15. The summed E-state index contributed by atoms with van der Waals surface area (Å²) in [6, 6.07) is 7.54. The van der Waals surface area contributed by atoms with Crippen molar-refractivity contribution < 1.29 is 14.7 Å². The van der Waals surface area contributed by atoms with Crippen molar-refractivity contribution in [1.82, 2.24) is 10.2 Å². The van der Waals surface area contributed by atoms with E-state index in [9.17, 15) is 9.59 Å². The molecule has 0 unspecified atom stereocenters. The molecule has 0 aliphatic heterocycles. The Morgan fingerprint density at radius 1 is 1.32 bits per heavy atom. The zero-order valence-corrected chi connectivity index (χ0v) is 11.1. The van der Waals surface area contributed by atoms with Crippen LogP contribution < -0.4 is 5.32 Å². The maximum Gasteiger partial charge on any atom is 0.328 e. The molecular formula is C14H18N2O3. The summed E-state index contributed by atoms with van der Waals surface area (Å²) >= 11 is 0. The van der Waals surface area contributed by atoms with Crippen molar-refractivity contribution in [2.75, 3.05) is 20.6 Å². The van der Waals surface area contributed by atoms with Crippen LogP contribution in [0.2, 0.25) is 0 Å². The van der Waals surface area contributed by atoms with Gasteiger partial charge in [-0.25, -0.2) is 4.79 Å². The topological polar surface area (TPSA) is 69.6 Å². The molecule has 0 aromatic heterocycles. The van der Waals surface area contributed by atoms with E-state index in [4.69, 9.17) is 5.11 Å². The third kappa shape index (κ3) is 5.83. The summed E-state index contributed by atoms with van der Waals surface area (Å²) in [4.78, 5) is 23.5. The molecule has 0 aliphatic carbocycles. The van der Waals surface area contributed by atoms with Crippen molar-refractivity contribution in [2.45, 2.75) is 6.54 Å². The number of carboxylic acid groups (broad SMARTS) is 1. The van der Waals surface area contributed by atoms with Gasteiger partial charge in [0.05, 0.1) is 6.54 Å². The molecule has 19 heavy (non-hydrogen) atoms. The normalized spacial score (nSPS) is 10.9. The van der Waals surface area contributed by atoms with Crippen LogP contribution in [0.3, 0.4) is 0 Å². The third-order valence-electron chi connectivity index (χ3n) is 2.54. The van der Waals surface area contributed by atoms with Crippen LogP contribution in [0.4, 0.5) is 0 Å². The lowest BCUT2D eigenvalue weighted by atomic mass is 10.1. The third-order valence-corrected chi connectivity index (χ3v) is 2.54. The zero-order chi connectivity index (χ0) is 14.3.